The predicted octanol–water partition coefficient (Wildman–Crippen LogP) is 5.03. The van der Waals surface area contributed by atoms with Gasteiger partial charge in [-0.25, -0.2) is 0 Å². The molecule has 3 rings (SSSR count). The fraction of sp³-hybridized carbons (Fsp3) is 0.333. The second-order valence-electron chi connectivity index (χ2n) is 5.86. The van der Waals surface area contributed by atoms with E-state index in [1.807, 2.05) is 12.1 Å². The van der Waals surface area contributed by atoms with Crippen molar-refractivity contribution in [3.05, 3.63) is 63.2 Å². The van der Waals surface area contributed by atoms with Crippen LogP contribution in [0.25, 0.3) is 0 Å². The molecule has 0 aromatic heterocycles. The maximum atomic E-state index is 12.4. The highest BCUT2D eigenvalue weighted by Gasteiger charge is 2.31. The maximum absolute atomic E-state index is 12.4. The molecule has 0 unspecified atom stereocenters. The second kappa shape index (κ2) is 10.7. The van der Waals surface area contributed by atoms with Crippen molar-refractivity contribution in [1.29, 1.82) is 0 Å². The van der Waals surface area contributed by atoms with Gasteiger partial charge in [0.05, 0.1) is 6.04 Å². The maximum Gasteiger partial charge on any atom is 0.573 e. The first kappa shape index (κ1) is 24.3. The molecule has 1 fully saturated rings. The molecule has 1 aliphatic heterocycles. The van der Waals surface area contributed by atoms with Gasteiger partial charge < -0.3 is 10.1 Å². The van der Waals surface area contributed by atoms with Crippen molar-refractivity contribution in [3.8, 4) is 5.75 Å². The van der Waals surface area contributed by atoms with Gasteiger partial charge >= 0.3 is 6.36 Å². The van der Waals surface area contributed by atoms with E-state index in [1.165, 1.54) is 12.1 Å². The molecule has 9 heteroatoms. The van der Waals surface area contributed by atoms with Gasteiger partial charge in [-0.05, 0) is 58.0 Å². The third kappa shape index (κ3) is 6.98. The lowest BCUT2D eigenvalue weighted by Crippen LogP contribution is -2.45. The third-order valence-electron chi connectivity index (χ3n) is 4.11. The normalized spacial score (nSPS) is 16.0. The summed E-state index contributed by atoms with van der Waals surface area (Å²) in [6, 6.07) is 14.4. The molecule has 1 N–H and O–H groups in total. The first-order valence-corrected chi connectivity index (χ1v) is 9.06. The predicted molar refractivity (Wildman–Crippen MR) is 113 cm³/mol. The number of alkyl halides is 3. The van der Waals surface area contributed by atoms with Crippen molar-refractivity contribution in [2.24, 2.45) is 0 Å². The van der Waals surface area contributed by atoms with Gasteiger partial charge in [-0.3, -0.25) is 4.90 Å². The van der Waals surface area contributed by atoms with Gasteiger partial charge in [0, 0.05) is 29.7 Å². The minimum absolute atomic E-state index is 0. The summed E-state index contributed by atoms with van der Waals surface area (Å²) in [5.74, 6) is -0.196. The summed E-state index contributed by atoms with van der Waals surface area (Å²) in [6.07, 6.45) is -4.67. The highest BCUT2D eigenvalue weighted by molar-refractivity contribution is 14.1. The number of nitrogens with zero attached hydrogens (tertiary/aromatic N) is 1. The molecule has 0 saturated carbocycles. The van der Waals surface area contributed by atoms with Gasteiger partial charge in [0.2, 0.25) is 0 Å². The van der Waals surface area contributed by atoms with E-state index >= 15 is 0 Å². The van der Waals surface area contributed by atoms with Crippen molar-refractivity contribution >= 4 is 47.4 Å². The van der Waals surface area contributed by atoms with Crippen LogP contribution in [0.2, 0.25) is 0 Å². The van der Waals surface area contributed by atoms with Gasteiger partial charge in [-0.15, -0.1) is 38.0 Å². The summed E-state index contributed by atoms with van der Waals surface area (Å²) in [7, 11) is 0. The van der Waals surface area contributed by atoms with Crippen molar-refractivity contribution in [2.45, 2.75) is 12.4 Å². The summed E-state index contributed by atoms with van der Waals surface area (Å²) in [6.45, 7) is 3.57. The molecule has 150 valence electrons. The van der Waals surface area contributed by atoms with E-state index in [0.29, 0.717) is 0 Å². The van der Waals surface area contributed by atoms with Crippen molar-refractivity contribution < 1.29 is 17.9 Å². The smallest absolute Gasteiger partial charge is 0.406 e. The van der Waals surface area contributed by atoms with Crippen LogP contribution in [-0.4, -0.2) is 37.4 Å². The zero-order valence-electron chi connectivity index (χ0n) is 14.2. The summed E-state index contributed by atoms with van der Waals surface area (Å²) >= 11 is 2.27. The standard InChI is InChI=1S/C18H18F3IN2O.2ClH/c19-18(20,21)25-16-6-4-13(5-7-16)17(24-10-8-23-9-11-24)14-2-1-3-15(22)12-14;;/h1-7,12,17,23H,8-11H2;2*1H/t17-;;/m1../s1. The van der Waals surface area contributed by atoms with Gasteiger partial charge in [0.15, 0.2) is 0 Å². The van der Waals surface area contributed by atoms with Crippen molar-refractivity contribution in [1.82, 2.24) is 10.2 Å². The molecule has 0 spiro atoms. The van der Waals surface area contributed by atoms with Crippen molar-refractivity contribution in [2.75, 3.05) is 26.2 Å². The molecule has 2 aromatic carbocycles. The van der Waals surface area contributed by atoms with Crippen LogP contribution in [0.15, 0.2) is 48.5 Å². The Morgan fingerprint density at radius 3 is 2.15 bits per heavy atom. The Bertz CT molecular complexity index is 710. The van der Waals surface area contributed by atoms with E-state index in [9.17, 15) is 13.2 Å². The van der Waals surface area contributed by atoms with Gasteiger partial charge in [0.25, 0.3) is 0 Å². The van der Waals surface area contributed by atoms with Crippen molar-refractivity contribution in [3.63, 3.8) is 0 Å². The van der Waals surface area contributed by atoms with Gasteiger partial charge in [-0.1, -0.05) is 24.3 Å². The lowest BCUT2D eigenvalue weighted by Gasteiger charge is -2.35. The topological polar surface area (TPSA) is 24.5 Å². The molecule has 1 atom stereocenters. The Balaban J connectivity index is 0.00000182. The molecule has 2 aromatic rings. The molecule has 0 amide bonds. The Kier molecular flexibility index (Phi) is 9.64. The number of hydrogen-bond acceptors (Lipinski definition) is 3. The largest absolute Gasteiger partial charge is 0.573 e. The quantitative estimate of drug-likeness (QED) is 0.557. The van der Waals surface area contributed by atoms with E-state index in [2.05, 4.69) is 49.7 Å². The van der Waals surface area contributed by atoms with E-state index < -0.39 is 6.36 Å². The first-order chi connectivity index (χ1) is 11.9. The Morgan fingerprint density at radius 2 is 1.59 bits per heavy atom. The van der Waals surface area contributed by atoms with Crippen LogP contribution >= 0.6 is 47.4 Å². The summed E-state index contributed by atoms with van der Waals surface area (Å²) in [5, 5.41) is 3.33. The fourth-order valence-corrected chi connectivity index (χ4v) is 3.65. The molecule has 0 bridgehead atoms. The molecule has 3 nitrogen and oxygen atoms in total. The second-order valence-corrected chi connectivity index (χ2v) is 7.11. The minimum Gasteiger partial charge on any atom is -0.406 e. The lowest BCUT2D eigenvalue weighted by molar-refractivity contribution is -0.274. The zero-order valence-corrected chi connectivity index (χ0v) is 18.0. The Hall–Kier alpha value is -0.740. The number of rotatable bonds is 4. The zero-order chi connectivity index (χ0) is 17.9. The number of ether oxygens (including phenoxy) is 1. The summed E-state index contributed by atoms with van der Waals surface area (Å²) < 4.78 is 42.2. The average molecular weight is 535 g/mol. The average Bonchev–Trinajstić information content (AvgIpc) is 2.56. The van der Waals surface area contributed by atoms with Crippen LogP contribution in [0, 0.1) is 3.57 Å². The summed E-state index contributed by atoms with van der Waals surface area (Å²) in [4.78, 5) is 2.35. The lowest BCUT2D eigenvalue weighted by atomic mass is 9.96. The molecule has 27 heavy (non-hydrogen) atoms. The van der Waals surface area contributed by atoms with E-state index in [-0.39, 0.29) is 36.6 Å². The fourth-order valence-electron chi connectivity index (χ4n) is 3.08. The van der Waals surface area contributed by atoms with E-state index in [1.54, 1.807) is 12.1 Å². The van der Waals surface area contributed by atoms with Crippen LogP contribution < -0.4 is 10.1 Å². The van der Waals surface area contributed by atoms with Crippen LogP contribution in [0.1, 0.15) is 17.2 Å². The van der Waals surface area contributed by atoms with Crippen LogP contribution in [-0.2, 0) is 0 Å². The molecule has 0 radical (unpaired) electrons. The number of piperazine rings is 1. The molecule has 0 aliphatic carbocycles. The van der Waals surface area contributed by atoms with Crippen LogP contribution in [0.5, 0.6) is 5.75 Å². The molecule has 1 saturated heterocycles. The van der Waals surface area contributed by atoms with Crippen LogP contribution in [0.4, 0.5) is 13.2 Å². The Labute approximate surface area is 182 Å². The SMILES string of the molecule is Cl.Cl.FC(F)(F)Oc1ccc([C@H](c2cccc(I)c2)N2CCNCC2)cc1. The summed E-state index contributed by atoms with van der Waals surface area (Å²) in [5.41, 5.74) is 2.09. The highest BCUT2D eigenvalue weighted by Crippen LogP contribution is 2.32. The number of benzene rings is 2. The Morgan fingerprint density at radius 1 is 0.963 bits per heavy atom. The van der Waals surface area contributed by atoms with E-state index in [4.69, 9.17) is 0 Å². The van der Waals surface area contributed by atoms with Crippen LogP contribution in [0.3, 0.4) is 0 Å². The number of hydrogen-bond donors (Lipinski definition) is 1. The molecule has 1 aliphatic rings. The van der Waals surface area contributed by atoms with Gasteiger partial charge in [-0.2, -0.15) is 0 Å². The monoisotopic (exact) mass is 534 g/mol. The highest BCUT2D eigenvalue weighted by atomic mass is 127. The molecular weight excluding hydrogens is 515 g/mol. The number of nitrogens with one attached hydrogen (secondary N) is 1. The molecular formula is C18H20Cl2F3IN2O. The first-order valence-electron chi connectivity index (χ1n) is 7.98. The molecule has 1 heterocycles. The minimum atomic E-state index is -4.67. The third-order valence-corrected chi connectivity index (χ3v) is 4.78. The number of halogens is 6. The van der Waals surface area contributed by atoms with E-state index in [0.717, 1.165) is 40.9 Å². The van der Waals surface area contributed by atoms with Gasteiger partial charge in [0.1, 0.15) is 5.75 Å².